The van der Waals surface area contributed by atoms with Gasteiger partial charge in [-0.2, -0.15) is 0 Å². The number of methoxy groups -OCH3 is 1. The highest BCUT2D eigenvalue weighted by Crippen LogP contribution is 2.26. The van der Waals surface area contributed by atoms with E-state index in [2.05, 4.69) is 5.32 Å². The van der Waals surface area contributed by atoms with Gasteiger partial charge in [0.25, 0.3) is 5.91 Å². The number of halogens is 1. The molecule has 5 nitrogen and oxygen atoms in total. The lowest BCUT2D eigenvalue weighted by Gasteiger charge is -2.40. The smallest absolute Gasteiger partial charge is 0.254 e. The van der Waals surface area contributed by atoms with Gasteiger partial charge in [0.2, 0.25) is 5.91 Å². The van der Waals surface area contributed by atoms with Gasteiger partial charge in [0.15, 0.2) is 0 Å². The van der Waals surface area contributed by atoms with Crippen LogP contribution in [0.2, 0.25) is 5.02 Å². The van der Waals surface area contributed by atoms with E-state index in [9.17, 15) is 9.59 Å². The fraction of sp³-hybridized carbons (Fsp3) is 0.529. The molecule has 1 aromatic carbocycles. The van der Waals surface area contributed by atoms with Crippen LogP contribution in [-0.2, 0) is 9.53 Å². The third-order valence-corrected chi connectivity index (χ3v) is 4.53. The number of rotatable bonds is 5. The van der Waals surface area contributed by atoms with E-state index in [1.165, 1.54) is 0 Å². The zero-order chi connectivity index (χ0) is 16.8. The predicted octanol–water partition coefficient (Wildman–Crippen LogP) is 2.49. The number of likely N-dealkylation sites (tertiary alicyclic amines) is 1. The molecule has 0 aliphatic carbocycles. The summed E-state index contributed by atoms with van der Waals surface area (Å²) in [5.41, 5.74) is 0.569. The lowest BCUT2D eigenvalue weighted by molar-refractivity contribution is -0.121. The third-order valence-electron chi connectivity index (χ3n) is 4.30. The highest BCUT2D eigenvalue weighted by atomic mass is 35.5. The highest BCUT2D eigenvalue weighted by Gasteiger charge is 2.34. The van der Waals surface area contributed by atoms with Crippen molar-refractivity contribution in [2.24, 2.45) is 0 Å². The summed E-state index contributed by atoms with van der Waals surface area (Å²) in [5.74, 6) is -0.0864. The van der Waals surface area contributed by atoms with E-state index in [4.69, 9.17) is 16.3 Å². The molecule has 1 fully saturated rings. The molecule has 126 valence electrons. The maximum absolute atomic E-state index is 12.8. The van der Waals surface area contributed by atoms with Crippen LogP contribution in [0.15, 0.2) is 24.3 Å². The molecule has 23 heavy (non-hydrogen) atoms. The molecule has 2 amide bonds. The summed E-state index contributed by atoms with van der Waals surface area (Å²) in [6, 6.07) is 6.86. The minimum atomic E-state index is -0.0995. The summed E-state index contributed by atoms with van der Waals surface area (Å²) in [7, 11) is 3.27. The zero-order valence-corrected chi connectivity index (χ0v) is 14.3. The van der Waals surface area contributed by atoms with Gasteiger partial charge in [-0.15, -0.1) is 0 Å². The Kier molecular flexibility index (Phi) is 6.42. The average Bonchev–Trinajstić information content (AvgIpc) is 2.58. The molecule has 1 aliphatic heterocycles. The quantitative estimate of drug-likeness (QED) is 0.897. The first-order valence-corrected chi connectivity index (χ1v) is 8.24. The van der Waals surface area contributed by atoms with Crippen LogP contribution < -0.4 is 5.32 Å². The molecule has 6 heteroatoms. The molecule has 1 N–H and O–H groups in total. The van der Waals surface area contributed by atoms with Crippen LogP contribution in [0.4, 0.5) is 0 Å². The molecule has 2 rings (SSSR count). The average molecular weight is 339 g/mol. The molecule has 1 saturated heterocycles. The summed E-state index contributed by atoms with van der Waals surface area (Å²) < 4.78 is 5.56. The van der Waals surface area contributed by atoms with Gasteiger partial charge in [0.1, 0.15) is 0 Å². The van der Waals surface area contributed by atoms with Gasteiger partial charge in [0.05, 0.1) is 12.1 Å². The Morgan fingerprint density at radius 1 is 1.43 bits per heavy atom. The number of amides is 2. The SMILES string of the molecule is CNC(=O)CC[C@H]1[C@@H](OC)CCCN1C(=O)c1cccc(Cl)c1. The van der Waals surface area contributed by atoms with Crippen molar-refractivity contribution >= 4 is 23.4 Å². The minimum Gasteiger partial charge on any atom is -0.379 e. The van der Waals surface area contributed by atoms with Gasteiger partial charge in [-0.1, -0.05) is 17.7 Å². The van der Waals surface area contributed by atoms with E-state index < -0.39 is 0 Å². The lowest BCUT2D eigenvalue weighted by atomic mass is 9.93. The van der Waals surface area contributed by atoms with Crippen LogP contribution in [0.25, 0.3) is 0 Å². The van der Waals surface area contributed by atoms with E-state index in [1.807, 2.05) is 4.90 Å². The second-order valence-corrected chi connectivity index (χ2v) is 6.14. The first kappa shape index (κ1) is 17.8. The van der Waals surface area contributed by atoms with Crippen molar-refractivity contribution in [2.45, 2.75) is 37.8 Å². The number of nitrogens with zero attached hydrogens (tertiary/aromatic N) is 1. The fourth-order valence-electron chi connectivity index (χ4n) is 3.08. The zero-order valence-electron chi connectivity index (χ0n) is 13.5. The Bertz CT molecular complexity index is 565. The molecular weight excluding hydrogens is 316 g/mol. The Balaban J connectivity index is 2.18. The van der Waals surface area contributed by atoms with Crippen LogP contribution in [-0.4, -0.2) is 49.6 Å². The fourth-order valence-corrected chi connectivity index (χ4v) is 3.27. The first-order valence-electron chi connectivity index (χ1n) is 7.86. The van der Waals surface area contributed by atoms with Gasteiger partial charge >= 0.3 is 0 Å². The van der Waals surface area contributed by atoms with E-state index in [1.54, 1.807) is 38.4 Å². The Labute approximate surface area is 141 Å². The Hall–Kier alpha value is -1.59. The first-order chi connectivity index (χ1) is 11.1. The van der Waals surface area contributed by atoms with Crippen LogP contribution in [0.3, 0.4) is 0 Å². The van der Waals surface area contributed by atoms with Crippen molar-refractivity contribution < 1.29 is 14.3 Å². The van der Waals surface area contributed by atoms with Gasteiger partial charge in [-0.3, -0.25) is 9.59 Å². The molecule has 2 atom stereocenters. The summed E-state index contributed by atoms with van der Waals surface area (Å²) in [5, 5.41) is 3.16. The molecule has 0 spiro atoms. The van der Waals surface area contributed by atoms with Crippen molar-refractivity contribution in [3.05, 3.63) is 34.9 Å². The van der Waals surface area contributed by atoms with Gasteiger partial charge < -0.3 is 15.0 Å². The molecule has 0 bridgehead atoms. The maximum Gasteiger partial charge on any atom is 0.254 e. The van der Waals surface area contributed by atoms with Gasteiger partial charge in [-0.25, -0.2) is 0 Å². The molecule has 1 aromatic rings. The number of ether oxygens (including phenoxy) is 1. The summed E-state index contributed by atoms with van der Waals surface area (Å²) in [4.78, 5) is 26.2. The van der Waals surface area contributed by atoms with Crippen molar-refractivity contribution in [3.63, 3.8) is 0 Å². The minimum absolute atomic E-state index is 0.0272. The molecule has 0 unspecified atom stereocenters. The normalized spacial score (nSPS) is 21.1. The van der Waals surface area contributed by atoms with Crippen molar-refractivity contribution in [1.82, 2.24) is 10.2 Å². The van der Waals surface area contributed by atoms with Crippen LogP contribution in [0.1, 0.15) is 36.0 Å². The standard InChI is InChI=1S/C17H23ClN2O3/c1-19-16(21)9-8-14-15(23-2)7-4-10-20(14)17(22)12-5-3-6-13(18)11-12/h3,5-6,11,14-15H,4,7-10H2,1-2H3,(H,19,21)/t14-,15-/m0/s1. The molecular formula is C17H23ClN2O3. The molecule has 1 heterocycles. The molecule has 0 radical (unpaired) electrons. The third kappa shape index (κ3) is 4.45. The second kappa shape index (κ2) is 8.31. The summed E-state index contributed by atoms with van der Waals surface area (Å²) in [6.07, 6.45) is 2.71. The summed E-state index contributed by atoms with van der Waals surface area (Å²) >= 11 is 5.99. The van der Waals surface area contributed by atoms with Crippen LogP contribution in [0, 0.1) is 0 Å². The number of hydrogen-bond acceptors (Lipinski definition) is 3. The number of piperidine rings is 1. The predicted molar refractivity (Wildman–Crippen MR) is 89.6 cm³/mol. The Morgan fingerprint density at radius 3 is 2.87 bits per heavy atom. The highest BCUT2D eigenvalue weighted by molar-refractivity contribution is 6.30. The van der Waals surface area contributed by atoms with Gasteiger partial charge in [0, 0.05) is 37.7 Å². The van der Waals surface area contributed by atoms with Crippen molar-refractivity contribution in [2.75, 3.05) is 20.7 Å². The van der Waals surface area contributed by atoms with Crippen LogP contribution >= 0.6 is 11.6 Å². The number of benzene rings is 1. The van der Waals surface area contributed by atoms with E-state index in [0.717, 1.165) is 12.8 Å². The molecule has 1 aliphatic rings. The van der Waals surface area contributed by atoms with E-state index in [-0.39, 0.29) is 24.0 Å². The van der Waals surface area contributed by atoms with Crippen molar-refractivity contribution in [1.29, 1.82) is 0 Å². The molecule has 0 saturated carbocycles. The number of carbonyl (C=O) groups is 2. The van der Waals surface area contributed by atoms with Crippen LogP contribution in [0.5, 0.6) is 0 Å². The number of nitrogens with one attached hydrogen (secondary N) is 1. The number of hydrogen-bond donors (Lipinski definition) is 1. The summed E-state index contributed by atoms with van der Waals surface area (Å²) in [6.45, 7) is 0.670. The number of carbonyl (C=O) groups excluding carboxylic acids is 2. The Morgan fingerprint density at radius 2 is 2.22 bits per heavy atom. The largest absolute Gasteiger partial charge is 0.379 e. The van der Waals surface area contributed by atoms with Gasteiger partial charge in [-0.05, 0) is 37.5 Å². The monoisotopic (exact) mass is 338 g/mol. The maximum atomic E-state index is 12.8. The van der Waals surface area contributed by atoms with E-state index in [0.29, 0.717) is 30.0 Å². The topological polar surface area (TPSA) is 58.6 Å². The van der Waals surface area contributed by atoms with E-state index >= 15 is 0 Å². The second-order valence-electron chi connectivity index (χ2n) is 5.70. The molecule has 0 aromatic heterocycles. The van der Waals surface area contributed by atoms with Crippen molar-refractivity contribution in [3.8, 4) is 0 Å². The lowest BCUT2D eigenvalue weighted by Crippen LogP contribution is -2.52.